The monoisotopic (exact) mass is 716 g/mol. The minimum Gasteiger partial charge on any atom is -0.458 e. The maximum atomic E-state index is 13.4. The van der Waals surface area contributed by atoms with E-state index in [1.807, 2.05) is 27.7 Å². The predicted octanol–water partition coefficient (Wildman–Crippen LogP) is 4.44. The van der Waals surface area contributed by atoms with E-state index >= 15 is 0 Å². The molecule has 0 aromatic heterocycles. The van der Waals surface area contributed by atoms with Gasteiger partial charge in [-0.2, -0.15) is 0 Å². The number of hydrogen-bond donors (Lipinski definition) is 5. The van der Waals surface area contributed by atoms with Crippen LogP contribution in [0.2, 0.25) is 0 Å². The fourth-order valence-corrected chi connectivity index (χ4v) is 9.64. The van der Waals surface area contributed by atoms with Gasteiger partial charge in [0.05, 0.1) is 12.2 Å². The second-order valence-electron chi connectivity index (χ2n) is 16.8. The number of aliphatic hydroxyl groups is 3. The van der Waals surface area contributed by atoms with E-state index in [1.54, 1.807) is 26.0 Å². The maximum Gasteiger partial charge on any atom is 0.306 e. The van der Waals surface area contributed by atoms with E-state index in [4.69, 9.17) is 15.2 Å². The van der Waals surface area contributed by atoms with Crippen LogP contribution in [0.3, 0.4) is 0 Å². The van der Waals surface area contributed by atoms with E-state index < -0.39 is 76.3 Å². The third kappa shape index (κ3) is 7.87. The Morgan fingerprint density at radius 3 is 2.16 bits per heavy atom. The van der Waals surface area contributed by atoms with Crippen molar-refractivity contribution in [1.29, 1.82) is 0 Å². The number of Topliss-reactive ketones (excluding diaryl/α,β-unsaturated/α-hetero) is 1. The molecule has 51 heavy (non-hydrogen) atoms. The second kappa shape index (κ2) is 16.2. The minimum atomic E-state index is -1.95. The van der Waals surface area contributed by atoms with Crippen molar-refractivity contribution in [3.8, 4) is 0 Å². The first kappa shape index (κ1) is 41.2. The number of fused-ring (bicyclic) bond motifs is 5. The van der Waals surface area contributed by atoms with Gasteiger partial charge in [0.2, 0.25) is 5.91 Å². The van der Waals surface area contributed by atoms with Gasteiger partial charge in [-0.1, -0.05) is 91.7 Å². The number of carbonyl (C=O) groups is 4. The van der Waals surface area contributed by atoms with Gasteiger partial charge in [0.1, 0.15) is 11.7 Å². The molecule has 0 radical (unpaired) electrons. The first-order valence-electron chi connectivity index (χ1n) is 19.3. The number of aliphatic hydroxyl groups excluding tert-OH is 1. The lowest BCUT2D eigenvalue weighted by Crippen LogP contribution is -2.66. The average Bonchev–Trinajstić information content (AvgIpc) is 3.48. The van der Waals surface area contributed by atoms with Crippen molar-refractivity contribution in [1.82, 2.24) is 5.32 Å². The molecule has 2 saturated carbocycles. The highest BCUT2D eigenvalue weighted by Gasteiger charge is 2.87. The normalized spacial score (nSPS) is 34.0. The minimum absolute atomic E-state index is 0.0187. The van der Waals surface area contributed by atoms with E-state index in [9.17, 15) is 34.5 Å². The number of amides is 1. The van der Waals surface area contributed by atoms with Crippen LogP contribution in [0.15, 0.2) is 23.3 Å². The van der Waals surface area contributed by atoms with Crippen LogP contribution in [0.1, 0.15) is 126 Å². The van der Waals surface area contributed by atoms with Gasteiger partial charge in [-0.05, 0) is 36.8 Å². The van der Waals surface area contributed by atoms with Crippen LogP contribution in [0.5, 0.6) is 0 Å². The summed E-state index contributed by atoms with van der Waals surface area (Å²) in [5.41, 5.74) is 1.11. The molecule has 11 nitrogen and oxygen atoms in total. The summed E-state index contributed by atoms with van der Waals surface area (Å²) in [5.74, 6) is -4.17. The number of ketones is 1. The molecule has 288 valence electrons. The molecule has 4 rings (SSSR count). The van der Waals surface area contributed by atoms with E-state index in [0.717, 1.165) is 51.4 Å². The van der Waals surface area contributed by atoms with E-state index in [2.05, 4.69) is 5.32 Å². The number of unbranched alkanes of at least 4 members (excludes halogenated alkanes) is 8. The van der Waals surface area contributed by atoms with Crippen molar-refractivity contribution in [2.24, 2.45) is 40.7 Å². The Morgan fingerprint density at radius 1 is 1.00 bits per heavy atom. The number of ether oxygens (including phenoxy) is 2. The average molecular weight is 717 g/mol. The van der Waals surface area contributed by atoms with Crippen molar-refractivity contribution < 1.29 is 44.0 Å². The Bertz CT molecular complexity index is 1370. The third-order valence-electron chi connectivity index (χ3n) is 12.7. The Hall–Kier alpha value is -2.60. The van der Waals surface area contributed by atoms with E-state index in [1.165, 1.54) is 6.92 Å². The Kier molecular flexibility index (Phi) is 13.1. The Balaban J connectivity index is 1.30. The highest BCUT2D eigenvalue weighted by Crippen LogP contribution is 2.77. The van der Waals surface area contributed by atoms with Gasteiger partial charge in [0, 0.05) is 67.9 Å². The molecular formula is C40H64N2O9. The van der Waals surface area contributed by atoms with Crippen molar-refractivity contribution in [3.63, 3.8) is 0 Å². The molecule has 11 heteroatoms. The van der Waals surface area contributed by atoms with E-state index in [-0.39, 0.29) is 30.7 Å². The molecule has 2 fully saturated rings. The quantitative estimate of drug-likeness (QED) is 0.0772. The molecule has 4 aliphatic carbocycles. The fourth-order valence-electron chi connectivity index (χ4n) is 9.64. The topological polar surface area (TPSA) is 185 Å². The van der Waals surface area contributed by atoms with Gasteiger partial charge in [0.15, 0.2) is 11.4 Å². The lowest BCUT2D eigenvalue weighted by molar-refractivity contribution is -0.228. The van der Waals surface area contributed by atoms with Gasteiger partial charge in [-0.25, -0.2) is 0 Å². The summed E-state index contributed by atoms with van der Waals surface area (Å²) in [4.78, 5) is 51.3. The first-order chi connectivity index (χ1) is 23.9. The lowest BCUT2D eigenvalue weighted by atomic mass is 9.59. The standard InChI is InChI=1S/C40H64N2O9/c1-24(2)30(41)21-32(45)42-18-16-14-12-10-8-9-11-13-15-17-33(46)50-36-26(4)39(49)29(34-37(6,7)40(34,36)51-27(5)44)20-28(23-43)22-38(48)31(39)19-25(3)35(38)47/h19-20,24,26,29-31,34,36,43,48-49H,8-18,21-23,41H2,1-7H3,(H,42,45)/t26-,29+,30+,31-,34-,36-,38-,39-,40-/m1/s1. The molecule has 0 saturated heterocycles. The largest absolute Gasteiger partial charge is 0.458 e. The third-order valence-corrected chi connectivity index (χ3v) is 12.7. The zero-order chi connectivity index (χ0) is 37.9. The van der Waals surface area contributed by atoms with Gasteiger partial charge < -0.3 is 35.8 Å². The maximum absolute atomic E-state index is 13.4. The molecule has 1 amide bonds. The van der Waals surface area contributed by atoms with E-state index in [0.29, 0.717) is 30.5 Å². The number of rotatable bonds is 18. The summed E-state index contributed by atoms with van der Waals surface area (Å²) >= 11 is 0. The molecule has 0 bridgehead atoms. The zero-order valence-electron chi connectivity index (χ0n) is 32.0. The summed E-state index contributed by atoms with van der Waals surface area (Å²) in [7, 11) is 0. The van der Waals surface area contributed by atoms with Crippen LogP contribution in [0.25, 0.3) is 0 Å². The van der Waals surface area contributed by atoms with Crippen LogP contribution < -0.4 is 11.1 Å². The molecule has 0 heterocycles. The van der Waals surface area contributed by atoms with Crippen LogP contribution >= 0.6 is 0 Å². The highest BCUT2D eigenvalue weighted by atomic mass is 16.6. The van der Waals surface area contributed by atoms with Crippen molar-refractivity contribution in [2.45, 2.75) is 154 Å². The summed E-state index contributed by atoms with van der Waals surface area (Å²) in [6, 6.07) is -0.108. The first-order valence-corrected chi connectivity index (χ1v) is 19.3. The number of esters is 2. The molecule has 0 aliphatic heterocycles. The molecule has 6 N–H and O–H groups in total. The van der Waals surface area contributed by atoms with Crippen molar-refractivity contribution >= 4 is 23.6 Å². The molecule has 0 aromatic carbocycles. The summed E-state index contributed by atoms with van der Waals surface area (Å²) in [5, 5.41) is 37.9. The van der Waals surface area contributed by atoms with Gasteiger partial charge in [-0.15, -0.1) is 0 Å². The van der Waals surface area contributed by atoms with Crippen molar-refractivity contribution in [2.75, 3.05) is 13.2 Å². The van der Waals surface area contributed by atoms with Gasteiger partial charge in [0.25, 0.3) is 0 Å². The van der Waals surface area contributed by atoms with Gasteiger partial charge in [-0.3, -0.25) is 19.2 Å². The second-order valence-corrected chi connectivity index (χ2v) is 16.8. The van der Waals surface area contributed by atoms with Crippen LogP contribution in [-0.4, -0.2) is 81.0 Å². The molecule has 0 aromatic rings. The summed E-state index contributed by atoms with van der Waals surface area (Å²) < 4.78 is 12.3. The van der Waals surface area contributed by atoms with Crippen LogP contribution in [0.4, 0.5) is 0 Å². The summed E-state index contributed by atoms with van der Waals surface area (Å²) in [6.07, 6.45) is 11.7. The molecule has 9 atom stereocenters. The van der Waals surface area contributed by atoms with Crippen LogP contribution in [-0.2, 0) is 28.7 Å². The van der Waals surface area contributed by atoms with Crippen LogP contribution in [0, 0.1) is 35.0 Å². The molecular weight excluding hydrogens is 652 g/mol. The molecule has 0 unspecified atom stereocenters. The van der Waals surface area contributed by atoms with Crippen molar-refractivity contribution in [3.05, 3.63) is 23.3 Å². The highest BCUT2D eigenvalue weighted by molar-refractivity contribution is 6.04. The zero-order valence-corrected chi connectivity index (χ0v) is 32.0. The number of nitrogens with two attached hydrogens (primary N) is 1. The SMILES string of the molecule is CC(=O)O[C@@]12[C@H](OC(=O)CCCCCCCCCCCNC(=O)C[C@H](N)C(C)C)[C@@H](C)[C@@]3(O)[C@@H](C=C(CO)C[C@]4(O)C(=O)C(C)=C[C@@H]34)[C@@H]1C2(C)C. The number of nitrogens with one attached hydrogen (secondary N) is 1. The smallest absolute Gasteiger partial charge is 0.306 e. The Labute approximate surface area is 304 Å². The predicted molar refractivity (Wildman–Crippen MR) is 193 cm³/mol. The molecule has 0 spiro atoms. The molecule has 4 aliphatic rings. The lowest BCUT2D eigenvalue weighted by Gasteiger charge is -2.53. The fraction of sp³-hybridized carbons (Fsp3) is 0.800. The number of hydrogen-bond acceptors (Lipinski definition) is 10. The Morgan fingerprint density at radius 2 is 1.59 bits per heavy atom. The van der Waals surface area contributed by atoms with Gasteiger partial charge >= 0.3 is 11.9 Å². The summed E-state index contributed by atoms with van der Waals surface area (Å²) in [6.45, 7) is 12.8. The number of carbonyl (C=O) groups excluding carboxylic acids is 4.